The molecule has 2 amide bonds. The Morgan fingerprint density at radius 3 is 2.38 bits per heavy atom. The number of aryl methyl sites for hydroxylation is 1. The molecule has 3 heterocycles. The Balaban J connectivity index is 1.47. The zero-order valence-corrected chi connectivity index (χ0v) is 17.4. The van der Waals surface area contributed by atoms with Gasteiger partial charge >= 0.3 is 0 Å². The Bertz CT molecular complexity index is 1100. The van der Waals surface area contributed by atoms with Gasteiger partial charge in [-0.05, 0) is 40.5 Å². The largest absolute Gasteiger partial charge is 0.358 e. The minimum Gasteiger partial charge on any atom is -0.358 e. The van der Waals surface area contributed by atoms with Gasteiger partial charge in [0.15, 0.2) is 0 Å². The fourth-order valence-corrected chi connectivity index (χ4v) is 4.01. The van der Waals surface area contributed by atoms with Gasteiger partial charge in [0.05, 0.1) is 11.1 Å². The van der Waals surface area contributed by atoms with Crippen LogP contribution in [0.15, 0.2) is 47.3 Å². The predicted octanol–water partition coefficient (Wildman–Crippen LogP) is 2.80. The van der Waals surface area contributed by atoms with Crippen LogP contribution in [0.2, 0.25) is 0 Å². The number of rotatable bonds is 3. The summed E-state index contributed by atoms with van der Waals surface area (Å²) in [5, 5.41) is 0.697. The first-order valence-electron chi connectivity index (χ1n) is 9.27. The normalized spacial score (nSPS) is 14.3. The number of piperazine rings is 1. The second kappa shape index (κ2) is 7.79. The molecule has 2 aromatic heterocycles. The van der Waals surface area contributed by atoms with E-state index in [4.69, 9.17) is 0 Å². The number of hydrogen-bond donors (Lipinski definition) is 1. The van der Waals surface area contributed by atoms with E-state index in [0.29, 0.717) is 52.8 Å². The zero-order chi connectivity index (χ0) is 20.5. The number of ketones is 1. The van der Waals surface area contributed by atoms with Crippen LogP contribution in [0.4, 0.5) is 0 Å². The summed E-state index contributed by atoms with van der Waals surface area (Å²) in [5.41, 5.74) is 2.48. The van der Waals surface area contributed by atoms with E-state index in [1.54, 1.807) is 29.4 Å². The third kappa shape index (κ3) is 3.55. The van der Waals surface area contributed by atoms with Gasteiger partial charge in [0, 0.05) is 49.5 Å². The van der Waals surface area contributed by atoms with Gasteiger partial charge in [-0.25, -0.2) is 4.98 Å². The Kier molecular flexibility index (Phi) is 5.19. The SMILES string of the molecule is Cc1cnc(Br)c2[nH]cc(C(=O)C(=O)N3CCN(C(=O)c4ccccc4)CC3)c12. The highest BCUT2D eigenvalue weighted by Crippen LogP contribution is 2.27. The molecule has 4 rings (SSSR count). The van der Waals surface area contributed by atoms with E-state index in [0.717, 1.165) is 5.56 Å². The molecule has 1 aliphatic rings. The van der Waals surface area contributed by atoms with Crippen LogP contribution in [-0.4, -0.2) is 63.5 Å². The Hall–Kier alpha value is -3.00. The second-order valence-corrected chi connectivity index (χ2v) is 7.72. The van der Waals surface area contributed by atoms with Crippen molar-refractivity contribution in [2.45, 2.75) is 6.92 Å². The average molecular weight is 455 g/mol. The quantitative estimate of drug-likeness (QED) is 0.374. The molecule has 1 aliphatic heterocycles. The van der Waals surface area contributed by atoms with E-state index in [1.807, 2.05) is 25.1 Å². The summed E-state index contributed by atoms with van der Waals surface area (Å²) in [6.45, 7) is 3.31. The van der Waals surface area contributed by atoms with E-state index in [1.165, 1.54) is 4.90 Å². The number of H-pyrrole nitrogens is 1. The summed E-state index contributed by atoms with van der Waals surface area (Å²) < 4.78 is 0.595. The number of aromatic amines is 1. The number of benzene rings is 1. The van der Waals surface area contributed by atoms with Gasteiger partial charge in [-0.3, -0.25) is 14.4 Å². The molecule has 3 aromatic rings. The van der Waals surface area contributed by atoms with Crippen LogP contribution in [-0.2, 0) is 4.79 Å². The highest BCUT2D eigenvalue weighted by atomic mass is 79.9. The summed E-state index contributed by atoms with van der Waals surface area (Å²) in [7, 11) is 0. The summed E-state index contributed by atoms with van der Waals surface area (Å²) in [6, 6.07) is 9.05. The second-order valence-electron chi connectivity index (χ2n) is 6.96. The topological polar surface area (TPSA) is 86.4 Å². The third-order valence-corrected chi connectivity index (χ3v) is 5.77. The molecular formula is C21H19BrN4O3. The van der Waals surface area contributed by atoms with E-state index in [9.17, 15) is 14.4 Å². The van der Waals surface area contributed by atoms with Gasteiger partial charge in [-0.1, -0.05) is 18.2 Å². The lowest BCUT2D eigenvalue weighted by atomic mass is 10.1. The van der Waals surface area contributed by atoms with Crippen molar-refractivity contribution in [2.75, 3.05) is 26.2 Å². The van der Waals surface area contributed by atoms with Crippen LogP contribution >= 0.6 is 15.9 Å². The first-order valence-corrected chi connectivity index (χ1v) is 10.1. The molecule has 7 nitrogen and oxygen atoms in total. The van der Waals surface area contributed by atoms with Crippen molar-refractivity contribution < 1.29 is 14.4 Å². The molecule has 0 atom stereocenters. The van der Waals surface area contributed by atoms with Gasteiger partial charge in [0.1, 0.15) is 4.60 Å². The fourth-order valence-electron chi connectivity index (χ4n) is 3.59. The summed E-state index contributed by atoms with van der Waals surface area (Å²) in [4.78, 5) is 48.7. The molecule has 29 heavy (non-hydrogen) atoms. The molecule has 0 aliphatic carbocycles. The molecular weight excluding hydrogens is 436 g/mol. The maximum atomic E-state index is 12.9. The lowest BCUT2D eigenvalue weighted by Crippen LogP contribution is -2.52. The fraction of sp³-hybridized carbons (Fsp3) is 0.238. The van der Waals surface area contributed by atoms with Gasteiger partial charge in [-0.15, -0.1) is 0 Å². The van der Waals surface area contributed by atoms with Crippen LogP contribution in [0.3, 0.4) is 0 Å². The molecule has 148 valence electrons. The van der Waals surface area contributed by atoms with Crippen LogP contribution in [0, 0.1) is 6.92 Å². The molecule has 0 bridgehead atoms. The van der Waals surface area contributed by atoms with Crippen molar-refractivity contribution in [3.63, 3.8) is 0 Å². The lowest BCUT2D eigenvalue weighted by Gasteiger charge is -2.34. The summed E-state index contributed by atoms with van der Waals surface area (Å²) in [6.07, 6.45) is 3.22. The molecule has 1 saturated heterocycles. The first kappa shape index (κ1) is 19.3. The third-order valence-electron chi connectivity index (χ3n) is 5.17. The maximum absolute atomic E-state index is 12.9. The minimum absolute atomic E-state index is 0.0615. The number of fused-ring (bicyclic) bond motifs is 1. The van der Waals surface area contributed by atoms with Gasteiger partial charge in [-0.2, -0.15) is 0 Å². The highest BCUT2D eigenvalue weighted by molar-refractivity contribution is 9.10. The molecule has 0 saturated carbocycles. The minimum atomic E-state index is -0.555. The van der Waals surface area contributed by atoms with Crippen molar-refractivity contribution in [2.24, 2.45) is 0 Å². The standard InChI is InChI=1S/C21H19BrN4O3/c1-13-11-24-19(22)17-16(13)15(12-23-17)18(27)21(29)26-9-7-25(8-10-26)20(28)14-5-3-2-4-6-14/h2-6,11-12,23H,7-10H2,1H3. The molecule has 1 aromatic carbocycles. The number of carbonyl (C=O) groups is 3. The monoisotopic (exact) mass is 454 g/mol. The maximum Gasteiger partial charge on any atom is 0.295 e. The van der Waals surface area contributed by atoms with E-state index in [2.05, 4.69) is 25.9 Å². The summed E-state index contributed by atoms with van der Waals surface area (Å²) in [5.74, 6) is -1.17. The van der Waals surface area contributed by atoms with Crippen LogP contribution < -0.4 is 0 Å². The Morgan fingerprint density at radius 1 is 1.03 bits per heavy atom. The highest BCUT2D eigenvalue weighted by Gasteiger charge is 2.30. The van der Waals surface area contributed by atoms with Gasteiger partial charge in [0.2, 0.25) is 0 Å². The Labute approximate surface area is 175 Å². The summed E-state index contributed by atoms with van der Waals surface area (Å²) >= 11 is 3.36. The average Bonchev–Trinajstić information content (AvgIpc) is 3.22. The van der Waals surface area contributed by atoms with Gasteiger partial charge < -0.3 is 14.8 Å². The van der Waals surface area contributed by atoms with Crippen molar-refractivity contribution >= 4 is 44.4 Å². The number of pyridine rings is 1. The first-order chi connectivity index (χ1) is 14.0. The number of nitrogens with one attached hydrogen (secondary N) is 1. The smallest absolute Gasteiger partial charge is 0.295 e. The molecule has 8 heteroatoms. The van der Waals surface area contributed by atoms with Crippen molar-refractivity contribution in [3.05, 3.63) is 64.0 Å². The number of nitrogens with zero attached hydrogens (tertiary/aromatic N) is 3. The van der Waals surface area contributed by atoms with E-state index >= 15 is 0 Å². The van der Waals surface area contributed by atoms with Crippen LogP contribution in [0.25, 0.3) is 10.9 Å². The number of carbonyl (C=O) groups excluding carboxylic acids is 3. The van der Waals surface area contributed by atoms with Crippen molar-refractivity contribution in [3.8, 4) is 0 Å². The van der Waals surface area contributed by atoms with Crippen molar-refractivity contribution in [1.29, 1.82) is 0 Å². The van der Waals surface area contributed by atoms with E-state index in [-0.39, 0.29) is 5.91 Å². The van der Waals surface area contributed by atoms with Crippen molar-refractivity contribution in [1.82, 2.24) is 19.8 Å². The van der Waals surface area contributed by atoms with E-state index < -0.39 is 11.7 Å². The molecule has 1 N–H and O–H groups in total. The molecule has 0 spiro atoms. The molecule has 1 fully saturated rings. The number of halogens is 1. The number of aromatic nitrogens is 2. The molecule has 0 unspecified atom stereocenters. The van der Waals surface area contributed by atoms with Crippen LogP contribution in [0.5, 0.6) is 0 Å². The zero-order valence-electron chi connectivity index (χ0n) is 15.8. The van der Waals surface area contributed by atoms with Gasteiger partial charge in [0.25, 0.3) is 17.6 Å². The van der Waals surface area contributed by atoms with Crippen LogP contribution in [0.1, 0.15) is 26.3 Å². The predicted molar refractivity (Wildman–Crippen MR) is 112 cm³/mol. The lowest BCUT2D eigenvalue weighted by molar-refractivity contribution is -0.127. The number of Topliss-reactive ketones (excluding diaryl/α,β-unsaturated/α-hetero) is 1. The molecule has 0 radical (unpaired) electrons. The Morgan fingerprint density at radius 2 is 1.69 bits per heavy atom. The number of amides is 2. The number of hydrogen-bond acceptors (Lipinski definition) is 4.